The Morgan fingerprint density at radius 3 is 2.23 bits per heavy atom. The first-order chi connectivity index (χ1) is 9.61. The highest BCUT2D eigenvalue weighted by Crippen LogP contribution is 2.32. The highest BCUT2D eigenvalue weighted by molar-refractivity contribution is 7.18. The highest BCUT2D eigenvalue weighted by atomic mass is 35.5. The smallest absolute Gasteiger partial charge is 0.206 e. The zero-order valence-electron chi connectivity index (χ0n) is 13.4. The number of nitrogens with zero attached hydrogens (tertiary/aromatic N) is 2. The molecule has 0 unspecified atom stereocenters. The zero-order valence-corrected chi connectivity index (χ0v) is 15.8. The maximum atomic E-state index is 4.33. The second kappa shape index (κ2) is 10.0. The second-order valence-corrected chi connectivity index (χ2v) is 6.05. The molecule has 0 spiro atoms. The van der Waals surface area contributed by atoms with E-state index >= 15 is 0 Å². The van der Waals surface area contributed by atoms with Gasteiger partial charge in [0.05, 0.1) is 0 Å². The van der Waals surface area contributed by atoms with Crippen molar-refractivity contribution in [3.8, 4) is 10.6 Å². The molecule has 1 heterocycles. The lowest BCUT2D eigenvalue weighted by molar-refractivity contribution is 0.747. The lowest BCUT2D eigenvalue weighted by atomic mass is 10.0. The van der Waals surface area contributed by atoms with Gasteiger partial charge in [-0.3, -0.25) is 0 Å². The minimum Gasteiger partial charge on any atom is -0.360 e. The summed E-state index contributed by atoms with van der Waals surface area (Å²) < 4.78 is 0. The Hall–Kier alpha value is -0.880. The van der Waals surface area contributed by atoms with Crippen molar-refractivity contribution < 1.29 is 0 Å². The quantitative estimate of drug-likeness (QED) is 0.762. The molecule has 22 heavy (non-hydrogen) atoms. The molecule has 2 rings (SSSR count). The fourth-order valence-electron chi connectivity index (χ4n) is 2.37. The predicted molar refractivity (Wildman–Crippen MR) is 101 cm³/mol. The zero-order chi connectivity index (χ0) is 14.5. The summed E-state index contributed by atoms with van der Waals surface area (Å²) in [5, 5.41) is 16.9. The molecule has 0 saturated heterocycles. The third kappa shape index (κ3) is 5.39. The van der Waals surface area contributed by atoms with Gasteiger partial charge in [0.15, 0.2) is 0 Å². The van der Waals surface area contributed by atoms with Crippen LogP contribution in [-0.4, -0.2) is 30.3 Å². The summed E-state index contributed by atoms with van der Waals surface area (Å²) in [6.45, 7) is 8.32. The van der Waals surface area contributed by atoms with Crippen molar-refractivity contribution >= 4 is 41.3 Å². The van der Waals surface area contributed by atoms with E-state index in [1.165, 1.54) is 22.3 Å². The SMILES string of the molecule is CNCCCNc1nnc(-c2c(C)cc(C)cc2C)s1.Cl.Cl. The number of aryl methyl sites for hydroxylation is 3. The number of hydrogen-bond donors (Lipinski definition) is 2. The first kappa shape index (κ1) is 21.1. The van der Waals surface area contributed by atoms with Crippen LogP contribution in [0.15, 0.2) is 12.1 Å². The van der Waals surface area contributed by atoms with E-state index in [2.05, 4.69) is 53.7 Å². The Bertz CT molecular complexity index is 564. The van der Waals surface area contributed by atoms with E-state index in [4.69, 9.17) is 0 Å². The Balaban J connectivity index is 0.00000220. The first-order valence-electron chi connectivity index (χ1n) is 6.92. The van der Waals surface area contributed by atoms with Crippen molar-refractivity contribution in [1.82, 2.24) is 15.5 Å². The summed E-state index contributed by atoms with van der Waals surface area (Å²) >= 11 is 1.62. The van der Waals surface area contributed by atoms with Gasteiger partial charge in [-0.15, -0.1) is 35.0 Å². The summed E-state index contributed by atoms with van der Waals surface area (Å²) in [5.74, 6) is 0. The molecular formula is C15H24Cl2N4S. The van der Waals surface area contributed by atoms with Crippen LogP contribution < -0.4 is 10.6 Å². The predicted octanol–water partition coefficient (Wildman–Crippen LogP) is 4.00. The lowest BCUT2D eigenvalue weighted by Crippen LogP contribution is -2.12. The molecule has 0 fully saturated rings. The van der Waals surface area contributed by atoms with E-state index in [0.717, 1.165) is 29.6 Å². The molecule has 7 heteroatoms. The van der Waals surface area contributed by atoms with Gasteiger partial charge in [-0.2, -0.15) is 0 Å². The first-order valence-corrected chi connectivity index (χ1v) is 7.73. The van der Waals surface area contributed by atoms with Gasteiger partial charge in [-0.1, -0.05) is 29.0 Å². The monoisotopic (exact) mass is 362 g/mol. The topological polar surface area (TPSA) is 49.8 Å². The molecule has 0 atom stereocenters. The van der Waals surface area contributed by atoms with Gasteiger partial charge in [-0.25, -0.2) is 0 Å². The third-order valence-corrected chi connectivity index (χ3v) is 4.09. The van der Waals surface area contributed by atoms with Crippen LogP contribution in [0.25, 0.3) is 10.6 Å². The normalized spacial score (nSPS) is 9.82. The van der Waals surface area contributed by atoms with Crippen LogP contribution in [0.3, 0.4) is 0 Å². The number of nitrogens with one attached hydrogen (secondary N) is 2. The van der Waals surface area contributed by atoms with Crippen LogP contribution in [0.4, 0.5) is 5.13 Å². The third-order valence-electron chi connectivity index (χ3n) is 3.20. The van der Waals surface area contributed by atoms with E-state index in [9.17, 15) is 0 Å². The maximum Gasteiger partial charge on any atom is 0.206 e. The van der Waals surface area contributed by atoms with Gasteiger partial charge >= 0.3 is 0 Å². The molecule has 0 aliphatic heterocycles. The number of halogens is 2. The molecular weight excluding hydrogens is 339 g/mol. The molecule has 4 nitrogen and oxygen atoms in total. The summed E-state index contributed by atoms with van der Waals surface area (Å²) in [4.78, 5) is 0. The average molecular weight is 363 g/mol. The molecule has 0 bridgehead atoms. The maximum absolute atomic E-state index is 4.33. The molecule has 0 amide bonds. The molecule has 2 N–H and O–H groups in total. The fraction of sp³-hybridized carbons (Fsp3) is 0.467. The minimum absolute atomic E-state index is 0. The van der Waals surface area contributed by atoms with Crippen LogP contribution in [0, 0.1) is 20.8 Å². The Kier molecular flexibility index (Phi) is 9.60. The molecule has 1 aromatic heterocycles. The molecule has 0 aliphatic rings. The van der Waals surface area contributed by atoms with Gasteiger partial charge in [0, 0.05) is 12.1 Å². The summed E-state index contributed by atoms with van der Waals surface area (Å²) in [7, 11) is 1.96. The van der Waals surface area contributed by atoms with Gasteiger partial charge in [-0.05, 0) is 51.9 Å². The number of benzene rings is 1. The Morgan fingerprint density at radius 1 is 1.00 bits per heavy atom. The van der Waals surface area contributed by atoms with Crippen molar-refractivity contribution in [3.63, 3.8) is 0 Å². The molecule has 2 aromatic rings. The Morgan fingerprint density at radius 2 is 1.64 bits per heavy atom. The molecule has 0 saturated carbocycles. The van der Waals surface area contributed by atoms with Gasteiger partial charge in [0.25, 0.3) is 0 Å². The van der Waals surface area contributed by atoms with Crippen LogP contribution in [0.2, 0.25) is 0 Å². The van der Waals surface area contributed by atoms with E-state index in [1.54, 1.807) is 11.3 Å². The highest BCUT2D eigenvalue weighted by Gasteiger charge is 2.12. The van der Waals surface area contributed by atoms with Crippen LogP contribution >= 0.6 is 36.2 Å². The molecule has 1 aromatic carbocycles. The van der Waals surface area contributed by atoms with Crippen molar-refractivity contribution in [2.75, 3.05) is 25.5 Å². The van der Waals surface area contributed by atoms with Crippen molar-refractivity contribution in [3.05, 3.63) is 28.8 Å². The molecule has 0 radical (unpaired) electrons. The molecule has 124 valence electrons. The van der Waals surface area contributed by atoms with Gasteiger partial charge < -0.3 is 10.6 Å². The fourth-order valence-corrected chi connectivity index (χ4v) is 3.32. The van der Waals surface area contributed by atoms with E-state index in [0.29, 0.717) is 0 Å². The lowest BCUT2D eigenvalue weighted by Gasteiger charge is -2.07. The molecule has 0 aliphatic carbocycles. The standard InChI is InChI=1S/C15H22N4S.2ClH/c1-10-8-11(2)13(12(3)9-10)14-18-19-15(20-14)17-7-5-6-16-4;;/h8-9,16H,5-7H2,1-4H3,(H,17,19);2*1H. The second-order valence-electron chi connectivity index (χ2n) is 5.07. The van der Waals surface area contributed by atoms with E-state index in [-0.39, 0.29) is 24.8 Å². The largest absolute Gasteiger partial charge is 0.360 e. The summed E-state index contributed by atoms with van der Waals surface area (Å²) in [6.07, 6.45) is 1.08. The number of anilines is 1. The van der Waals surface area contributed by atoms with Crippen molar-refractivity contribution in [1.29, 1.82) is 0 Å². The van der Waals surface area contributed by atoms with Gasteiger partial charge in [0.1, 0.15) is 5.01 Å². The van der Waals surface area contributed by atoms with Crippen molar-refractivity contribution in [2.24, 2.45) is 0 Å². The summed E-state index contributed by atoms with van der Waals surface area (Å²) in [5.41, 5.74) is 5.04. The van der Waals surface area contributed by atoms with Crippen LogP contribution in [0.5, 0.6) is 0 Å². The summed E-state index contributed by atoms with van der Waals surface area (Å²) in [6, 6.07) is 4.40. The van der Waals surface area contributed by atoms with E-state index < -0.39 is 0 Å². The number of aromatic nitrogens is 2. The number of rotatable bonds is 6. The van der Waals surface area contributed by atoms with Crippen molar-refractivity contribution in [2.45, 2.75) is 27.2 Å². The van der Waals surface area contributed by atoms with Crippen LogP contribution in [-0.2, 0) is 0 Å². The average Bonchev–Trinajstić information content (AvgIpc) is 2.82. The Labute approximate surface area is 148 Å². The van der Waals surface area contributed by atoms with Gasteiger partial charge in [0.2, 0.25) is 5.13 Å². The number of hydrogen-bond acceptors (Lipinski definition) is 5. The minimum atomic E-state index is 0. The van der Waals surface area contributed by atoms with Crippen LogP contribution in [0.1, 0.15) is 23.1 Å². The van der Waals surface area contributed by atoms with E-state index in [1.807, 2.05) is 7.05 Å².